The molecule has 0 spiro atoms. The third-order valence-electron chi connectivity index (χ3n) is 5.36. The molecule has 0 unspecified atom stereocenters. The van der Waals surface area contributed by atoms with Gasteiger partial charge < -0.3 is 14.5 Å². The van der Waals surface area contributed by atoms with Gasteiger partial charge in [0.2, 0.25) is 5.91 Å². The summed E-state index contributed by atoms with van der Waals surface area (Å²) in [6.07, 6.45) is 0.411. The summed E-state index contributed by atoms with van der Waals surface area (Å²) in [6.45, 7) is 4.83. The predicted octanol–water partition coefficient (Wildman–Crippen LogP) is 3.35. The molecule has 1 fully saturated rings. The van der Waals surface area contributed by atoms with E-state index in [0.29, 0.717) is 19.5 Å². The molecule has 154 valence electrons. The summed E-state index contributed by atoms with van der Waals surface area (Å²) < 4.78 is 5.18. The average Bonchev–Trinajstić information content (AvgIpc) is 2.80. The van der Waals surface area contributed by atoms with Gasteiger partial charge in [-0.25, -0.2) is 9.97 Å². The SMILES string of the molecule is COc1ccc(CC(=O)N2CCN(c3cc(-c4ccccc4)nc(C)n3)CC2)cc1. The van der Waals surface area contributed by atoms with Gasteiger partial charge >= 0.3 is 0 Å². The number of benzene rings is 2. The molecule has 0 aliphatic carbocycles. The van der Waals surface area contributed by atoms with Gasteiger partial charge in [-0.3, -0.25) is 4.79 Å². The van der Waals surface area contributed by atoms with Gasteiger partial charge in [-0.2, -0.15) is 0 Å². The number of aromatic nitrogens is 2. The molecular weight excluding hydrogens is 376 g/mol. The Kier molecular flexibility index (Phi) is 5.93. The Morgan fingerprint density at radius 3 is 2.33 bits per heavy atom. The van der Waals surface area contributed by atoms with Crippen molar-refractivity contribution in [2.24, 2.45) is 0 Å². The number of piperazine rings is 1. The second-order valence-electron chi connectivity index (χ2n) is 7.42. The van der Waals surface area contributed by atoms with Crippen LogP contribution < -0.4 is 9.64 Å². The molecule has 0 bridgehead atoms. The summed E-state index contributed by atoms with van der Waals surface area (Å²) in [5.74, 6) is 2.63. The van der Waals surface area contributed by atoms with Crippen LogP contribution in [0.1, 0.15) is 11.4 Å². The van der Waals surface area contributed by atoms with Crippen LogP contribution in [-0.4, -0.2) is 54.1 Å². The lowest BCUT2D eigenvalue weighted by atomic mass is 10.1. The van der Waals surface area contributed by atoms with Crippen LogP contribution in [0.25, 0.3) is 11.3 Å². The molecule has 1 aromatic heterocycles. The maximum atomic E-state index is 12.7. The highest BCUT2D eigenvalue weighted by Gasteiger charge is 2.22. The summed E-state index contributed by atoms with van der Waals surface area (Å²) in [5.41, 5.74) is 3.01. The maximum absolute atomic E-state index is 12.7. The molecule has 1 aliphatic rings. The minimum Gasteiger partial charge on any atom is -0.497 e. The zero-order chi connectivity index (χ0) is 20.9. The molecule has 0 saturated carbocycles. The number of anilines is 1. The van der Waals surface area contributed by atoms with Crippen molar-refractivity contribution in [3.63, 3.8) is 0 Å². The highest BCUT2D eigenvalue weighted by atomic mass is 16.5. The van der Waals surface area contributed by atoms with Crippen LogP contribution in [0.3, 0.4) is 0 Å². The average molecular weight is 402 g/mol. The molecule has 4 rings (SSSR count). The van der Waals surface area contributed by atoms with Gasteiger partial charge in [0.15, 0.2) is 0 Å². The Balaban J connectivity index is 1.39. The molecule has 1 aliphatic heterocycles. The zero-order valence-corrected chi connectivity index (χ0v) is 17.4. The summed E-state index contributed by atoms with van der Waals surface area (Å²) in [6, 6.07) is 19.9. The van der Waals surface area contributed by atoms with Crippen molar-refractivity contribution in [2.75, 3.05) is 38.2 Å². The highest BCUT2D eigenvalue weighted by Crippen LogP contribution is 2.23. The minimum absolute atomic E-state index is 0.156. The number of nitrogens with zero attached hydrogens (tertiary/aromatic N) is 4. The van der Waals surface area contributed by atoms with Gasteiger partial charge in [-0.1, -0.05) is 42.5 Å². The molecule has 30 heavy (non-hydrogen) atoms. The van der Waals surface area contributed by atoms with Crippen LogP contribution in [0.15, 0.2) is 60.7 Å². The van der Waals surface area contributed by atoms with Crippen molar-refractivity contribution < 1.29 is 9.53 Å². The van der Waals surface area contributed by atoms with Crippen LogP contribution in [0.2, 0.25) is 0 Å². The molecule has 2 heterocycles. The van der Waals surface area contributed by atoms with Crippen molar-refractivity contribution in [3.8, 4) is 17.0 Å². The first-order chi connectivity index (χ1) is 14.6. The van der Waals surface area contributed by atoms with E-state index in [0.717, 1.165) is 47.3 Å². The quantitative estimate of drug-likeness (QED) is 0.655. The Hall–Kier alpha value is -3.41. The molecule has 6 nitrogen and oxygen atoms in total. The monoisotopic (exact) mass is 402 g/mol. The first-order valence-corrected chi connectivity index (χ1v) is 10.2. The van der Waals surface area contributed by atoms with Gasteiger partial charge in [0.1, 0.15) is 17.4 Å². The number of carbonyl (C=O) groups is 1. The van der Waals surface area contributed by atoms with E-state index in [9.17, 15) is 4.79 Å². The van der Waals surface area contributed by atoms with Crippen molar-refractivity contribution in [1.29, 1.82) is 0 Å². The topological polar surface area (TPSA) is 58.6 Å². The molecule has 6 heteroatoms. The van der Waals surface area contributed by atoms with Crippen LogP contribution in [0.5, 0.6) is 5.75 Å². The number of methoxy groups -OCH3 is 1. The third kappa shape index (κ3) is 4.59. The minimum atomic E-state index is 0.156. The van der Waals surface area contributed by atoms with E-state index in [-0.39, 0.29) is 5.91 Å². The number of amides is 1. The number of ether oxygens (including phenoxy) is 1. The van der Waals surface area contributed by atoms with Gasteiger partial charge in [0.05, 0.1) is 19.2 Å². The van der Waals surface area contributed by atoms with E-state index in [2.05, 4.69) is 27.0 Å². The number of carbonyl (C=O) groups excluding carboxylic acids is 1. The van der Waals surface area contributed by atoms with E-state index >= 15 is 0 Å². The second-order valence-corrected chi connectivity index (χ2v) is 7.42. The zero-order valence-electron chi connectivity index (χ0n) is 17.4. The van der Waals surface area contributed by atoms with Crippen LogP contribution >= 0.6 is 0 Å². The van der Waals surface area contributed by atoms with Gasteiger partial charge in [0, 0.05) is 37.8 Å². The van der Waals surface area contributed by atoms with Gasteiger partial charge in [0.25, 0.3) is 0 Å². The lowest BCUT2D eigenvalue weighted by molar-refractivity contribution is -0.130. The van der Waals surface area contributed by atoms with Crippen LogP contribution in [-0.2, 0) is 11.2 Å². The first kappa shape index (κ1) is 19.9. The fourth-order valence-corrected chi connectivity index (χ4v) is 3.69. The Labute approximate surface area is 177 Å². The fourth-order valence-electron chi connectivity index (χ4n) is 3.69. The normalized spacial score (nSPS) is 13.9. The maximum Gasteiger partial charge on any atom is 0.227 e. The lowest BCUT2D eigenvalue weighted by Crippen LogP contribution is -2.49. The first-order valence-electron chi connectivity index (χ1n) is 10.2. The Morgan fingerprint density at radius 1 is 0.967 bits per heavy atom. The third-order valence-corrected chi connectivity index (χ3v) is 5.36. The Bertz CT molecular complexity index is 997. The van der Waals surface area contributed by atoms with E-state index in [4.69, 9.17) is 4.74 Å². The number of aryl methyl sites for hydroxylation is 1. The molecule has 1 saturated heterocycles. The van der Waals surface area contributed by atoms with E-state index in [1.165, 1.54) is 0 Å². The summed E-state index contributed by atoms with van der Waals surface area (Å²) >= 11 is 0. The summed E-state index contributed by atoms with van der Waals surface area (Å²) in [5, 5.41) is 0. The van der Waals surface area contributed by atoms with Crippen molar-refractivity contribution in [3.05, 3.63) is 72.1 Å². The number of hydrogen-bond donors (Lipinski definition) is 0. The smallest absolute Gasteiger partial charge is 0.227 e. The van der Waals surface area contributed by atoms with E-state index in [1.807, 2.05) is 60.4 Å². The van der Waals surface area contributed by atoms with Crippen LogP contribution in [0, 0.1) is 6.92 Å². The molecule has 3 aromatic rings. The largest absolute Gasteiger partial charge is 0.497 e. The summed E-state index contributed by atoms with van der Waals surface area (Å²) in [7, 11) is 1.64. The highest BCUT2D eigenvalue weighted by molar-refractivity contribution is 5.79. The molecule has 0 atom stereocenters. The van der Waals surface area contributed by atoms with Gasteiger partial charge in [-0.05, 0) is 24.6 Å². The molecule has 2 aromatic carbocycles. The molecule has 1 amide bonds. The molecule has 0 N–H and O–H groups in total. The predicted molar refractivity (Wildman–Crippen MR) is 118 cm³/mol. The van der Waals surface area contributed by atoms with Crippen molar-refractivity contribution >= 4 is 11.7 Å². The fraction of sp³-hybridized carbons (Fsp3) is 0.292. The van der Waals surface area contributed by atoms with E-state index < -0.39 is 0 Å². The van der Waals surface area contributed by atoms with Crippen LogP contribution in [0.4, 0.5) is 5.82 Å². The van der Waals surface area contributed by atoms with Gasteiger partial charge in [-0.15, -0.1) is 0 Å². The molecule has 0 radical (unpaired) electrons. The lowest BCUT2D eigenvalue weighted by Gasteiger charge is -2.35. The number of rotatable bonds is 5. The number of hydrogen-bond acceptors (Lipinski definition) is 5. The standard InChI is InChI=1S/C24H26N4O2/c1-18-25-22(20-6-4-3-5-7-20)17-23(26-18)27-12-14-28(15-13-27)24(29)16-19-8-10-21(30-2)11-9-19/h3-11,17H,12-16H2,1-2H3. The van der Waals surface area contributed by atoms with Crippen molar-refractivity contribution in [1.82, 2.24) is 14.9 Å². The van der Waals surface area contributed by atoms with E-state index in [1.54, 1.807) is 7.11 Å². The van der Waals surface area contributed by atoms with Crippen molar-refractivity contribution in [2.45, 2.75) is 13.3 Å². The molecular formula is C24H26N4O2. The summed E-state index contributed by atoms with van der Waals surface area (Å²) in [4.78, 5) is 26.1. The Morgan fingerprint density at radius 2 is 1.67 bits per heavy atom. The second kappa shape index (κ2) is 8.95.